The van der Waals surface area contributed by atoms with Crippen molar-refractivity contribution in [3.8, 4) is 6.01 Å². The zero-order valence-corrected chi connectivity index (χ0v) is 21.1. The molecule has 0 radical (unpaired) electrons. The average Bonchev–Trinajstić information content (AvgIpc) is 3.37. The summed E-state index contributed by atoms with van der Waals surface area (Å²) in [5.41, 5.74) is 1.01. The molecule has 0 amide bonds. The molecule has 1 atom stereocenters. The van der Waals surface area contributed by atoms with E-state index in [9.17, 15) is 0 Å². The van der Waals surface area contributed by atoms with Gasteiger partial charge in [0.25, 0.3) is 0 Å². The van der Waals surface area contributed by atoms with Gasteiger partial charge in [0.15, 0.2) is 11.0 Å². The molecule has 34 heavy (non-hydrogen) atoms. The molecule has 2 aromatic rings. The molecule has 7 nitrogen and oxygen atoms in total. The number of aryl methyl sites for hydroxylation is 1. The van der Waals surface area contributed by atoms with Crippen molar-refractivity contribution in [3.63, 3.8) is 0 Å². The summed E-state index contributed by atoms with van der Waals surface area (Å²) in [6, 6.07) is 0.395. The van der Waals surface area contributed by atoms with Crippen LogP contribution in [0.1, 0.15) is 64.5 Å². The number of hydrogen-bond donors (Lipinski definition) is 2. The fourth-order valence-electron chi connectivity index (χ4n) is 5.80. The normalized spacial score (nSPS) is 22.0. The summed E-state index contributed by atoms with van der Waals surface area (Å²) in [5.74, 6) is 0.657. The third-order valence-electron chi connectivity index (χ3n) is 7.68. The van der Waals surface area contributed by atoms with Gasteiger partial charge >= 0.3 is 6.01 Å². The first-order valence-corrected chi connectivity index (χ1v) is 13.2. The number of hydrogen-bond acceptors (Lipinski definition) is 7. The van der Waals surface area contributed by atoms with E-state index >= 15 is 4.39 Å². The molecule has 0 bridgehead atoms. The Balaban J connectivity index is 1.42. The summed E-state index contributed by atoms with van der Waals surface area (Å²) in [6.45, 7) is 9.04. The molecule has 5 heterocycles. The summed E-state index contributed by atoms with van der Waals surface area (Å²) in [6.07, 6.45) is 8.40. The lowest BCUT2D eigenvalue weighted by atomic mass is 9.95. The van der Waals surface area contributed by atoms with Crippen molar-refractivity contribution >= 4 is 28.3 Å². The highest BCUT2D eigenvalue weighted by Gasteiger charge is 2.45. The van der Waals surface area contributed by atoms with Crippen LogP contribution in [0.2, 0.25) is 5.15 Å². The van der Waals surface area contributed by atoms with Crippen LogP contribution in [0, 0.1) is 11.7 Å². The molecule has 1 unspecified atom stereocenters. The Bertz CT molecular complexity index is 1020. The van der Waals surface area contributed by atoms with Gasteiger partial charge in [0.1, 0.15) is 17.9 Å². The molecule has 2 saturated heterocycles. The van der Waals surface area contributed by atoms with Crippen LogP contribution < -0.4 is 15.4 Å². The van der Waals surface area contributed by atoms with Crippen molar-refractivity contribution < 1.29 is 9.13 Å². The first kappa shape index (κ1) is 23.9. The third-order valence-corrected chi connectivity index (χ3v) is 7.93. The van der Waals surface area contributed by atoms with Crippen LogP contribution in [-0.4, -0.2) is 64.2 Å². The van der Waals surface area contributed by atoms with Gasteiger partial charge in [-0.15, -0.1) is 0 Å². The number of rotatable bonds is 8. The van der Waals surface area contributed by atoms with Crippen molar-refractivity contribution in [2.24, 2.45) is 5.92 Å². The minimum atomic E-state index is -0.607. The van der Waals surface area contributed by atoms with Crippen molar-refractivity contribution in [2.75, 3.05) is 38.1 Å². The summed E-state index contributed by atoms with van der Waals surface area (Å²) in [5, 5.41) is 7.61. The predicted molar refractivity (Wildman–Crippen MR) is 133 cm³/mol. The molecule has 0 aromatic carbocycles. The van der Waals surface area contributed by atoms with Crippen LogP contribution in [0.3, 0.4) is 0 Å². The molecule has 2 fully saturated rings. The van der Waals surface area contributed by atoms with Crippen molar-refractivity contribution in [1.82, 2.24) is 25.2 Å². The van der Waals surface area contributed by atoms with E-state index in [1.165, 1.54) is 12.8 Å². The molecule has 2 aromatic heterocycles. The van der Waals surface area contributed by atoms with Gasteiger partial charge in [-0.2, -0.15) is 9.97 Å². The molecule has 186 valence electrons. The first-order chi connectivity index (χ1) is 16.4. The number of nitrogens with one attached hydrogen (secondary N) is 2. The van der Waals surface area contributed by atoms with Gasteiger partial charge in [0.05, 0.1) is 16.6 Å². The molecule has 3 aliphatic rings. The van der Waals surface area contributed by atoms with Crippen molar-refractivity contribution in [2.45, 2.75) is 76.8 Å². The maximum atomic E-state index is 15.1. The number of nitrogens with zero attached hydrogens (tertiary/aromatic N) is 4. The van der Waals surface area contributed by atoms with E-state index in [0.29, 0.717) is 23.7 Å². The molecule has 0 spiro atoms. The Morgan fingerprint density at radius 1 is 1.21 bits per heavy atom. The van der Waals surface area contributed by atoms with E-state index in [2.05, 4.69) is 39.3 Å². The average molecular weight is 491 g/mol. The monoisotopic (exact) mass is 490 g/mol. The standard InChI is InChI=1S/C25H36ClFN6O/c1-16(2)8-11-28-14-17-6-3-7-18-19-21(20(27)22(26)30-18)31-24(32-23(19)29-17)34-15-25-9-4-12-33(25)13-5-10-25/h16-17,28H,3-15H2,1-2H3,(H,29,31,32). The van der Waals surface area contributed by atoms with Crippen molar-refractivity contribution in [1.29, 1.82) is 0 Å². The summed E-state index contributed by atoms with van der Waals surface area (Å²) >= 11 is 6.16. The lowest BCUT2D eigenvalue weighted by Crippen LogP contribution is -2.43. The molecule has 3 aliphatic heterocycles. The number of pyridine rings is 1. The van der Waals surface area contributed by atoms with E-state index in [0.717, 1.165) is 70.4 Å². The largest absolute Gasteiger partial charge is 0.461 e. The smallest absolute Gasteiger partial charge is 0.319 e. The Labute approximate surface area is 206 Å². The summed E-state index contributed by atoms with van der Waals surface area (Å²) in [4.78, 5) is 16.1. The molecule has 2 N–H and O–H groups in total. The van der Waals surface area contributed by atoms with E-state index in [1.54, 1.807) is 0 Å². The maximum Gasteiger partial charge on any atom is 0.319 e. The highest BCUT2D eigenvalue weighted by Crippen LogP contribution is 2.39. The topological polar surface area (TPSA) is 75.2 Å². The first-order valence-electron chi connectivity index (χ1n) is 12.9. The van der Waals surface area contributed by atoms with E-state index in [4.69, 9.17) is 21.3 Å². The SMILES string of the molecule is CC(C)CCNCC1CCCc2nc(Cl)c(F)c3nc(OCC45CCCN4CCC5)nc(c23)N1. The number of aromatic nitrogens is 3. The molecular weight excluding hydrogens is 455 g/mol. The number of fused-ring (bicyclic) bond motifs is 1. The van der Waals surface area contributed by atoms with Gasteiger partial charge < -0.3 is 15.4 Å². The molecular formula is C25H36ClFN6O. The summed E-state index contributed by atoms with van der Waals surface area (Å²) < 4.78 is 21.3. The van der Waals surface area contributed by atoms with Crippen LogP contribution in [-0.2, 0) is 6.42 Å². The molecule has 0 aliphatic carbocycles. The molecule has 5 rings (SSSR count). The minimum Gasteiger partial charge on any atom is -0.461 e. The summed E-state index contributed by atoms with van der Waals surface area (Å²) in [7, 11) is 0. The lowest BCUT2D eigenvalue weighted by Gasteiger charge is -2.31. The second-order valence-electron chi connectivity index (χ2n) is 10.6. The lowest BCUT2D eigenvalue weighted by molar-refractivity contribution is 0.108. The Hall–Kier alpha value is -1.77. The third kappa shape index (κ3) is 4.82. The van der Waals surface area contributed by atoms with Crippen molar-refractivity contribution in [3.05, 3.63) is 16.7 Å². The number of ether oxygens (including phenoxy) is 1. The highest BCUT2D eigenvalue weighted by atomic mass is 35.5. The van der Waals surface area contributed by atoms with E-state index in [1.807, 2.05) is 0 Å². The van der Waals surface area contributed by atoms with Gasteiger partial charge in [-0.1, -0.05) is 25.4 Å². The number of anilines is 1. The van der Waals surface area contributed by atoms with Crippen LogP contribution in [0.4, 0.5) is 10.2 Å². The Morgan fingerprint density at radius 3 is 2.76 bits per heavy atom. The fourth-order valence-corrected chi connectivity index (χ4v) is 6.00. The van der Waals surface area contributed by atoms with Crippen LogP contribution in [0.15, 0.2) is 0 Å². The highest BCUT2D eigenvalue weighted by molar-refractivity contribution is 6.30. The van der Waals surface area contributed by atoms with Gasteiger partial charge in [-0.25, -0.2) is 9.37 Å². The van der Waals surface area contributed by atoms with Crippen LogP contribution >= 0.6 is 11.6 Å². The van der Waals surface area contributed by atoms with Gasteiger partial charge in [-0.05, 0) is 76.9 Å². The van der Waals surface area contributed by atoms with Gasteiger partial charge in [-0.3, -0.25) is 4.90 Å². The van der Waals surface area contributed by atoms with Crippen LogP contribution in [0.25, 0.3) is 10.9 Å². The van der Waals surface area contributed by atoms with E-state index in [-0.39, 0.29) is 28.3 Å². The second-order valence-corrected chi connectivity index (χ2v) is 10.9. The van der Waals surface area contributed by atoms with Crippen LogP contribution in [0.5, 0.6) is 6.01 Å². The Kier molecular flexibility index (Phi) is 7.09. The minimum absolute atomic E-state index is 0.0693. The van der Waals surface area contributed by atoms with E-state index < -0.39 is 5.82 Å². The van der Waals surface area contributed by atoms with Gasteiger partial charge in [0, 0.05) is 12.6 Å². The predicted octanol–water partition coefficient (Wildman–Crippen LogP) is 4.58. The maximum absolute atomic E-state index is 15.1. The Morgan fingerprint density at radius 2 is 2.00 bits per heavy atom. The molecule has 9 heteroatoms. The zero-order valence-electron chi connectivity index (χ0n) is 20.3. The molecule has 0 saturated carbocycles. The second kappa shape index (κ2) is 10.1. The fraction of sp³-hybridized carbons (Fsp3) is 0.720. The van der Waals surface area contributed by atoms with Gasteiger partial charge in [0.2, 0.25) is 0 Å². The quantitative estimate of drug-likeness (QED) is 0.414. The zero-order chi connectivity index (χ0) is 23.7. The number of halogens is 2.